The highest BCUT2D eigenvalue weighted by molar-refractivity contribution is 7.99. The monoisotopic (exact) mass is 279 g/mol. The third kappa shape index (κ3) is 3.67. The van der Waals surface area contributed by atoms with E-state index in [0.717, 1.165) is 31.7 Å². The second-order valence-corrected chi connectivity index (χ2v) is 7.39. The third-order valence-corrected chi connectivity index (χ3v) is 5.08. The zero-order chi connectivity index (χ0) is 13.9. The van der Waals surface area contributed by atoms with E-state index in [2.05, 4.69) is 50.5 Å². The molecule has 1 heterocycles. The van der Waals surface area contributed by atoms with E-state index in [1.165, 1.54) is 11.1 Å². The van der Waals surface area contributed by atoms with Crippen LogP contribution in [0.25, 0.3) is 0 Å². The molecule has 1 unspecified atom stereocenters. The number of thioether (sulfide) groups is 1. The summed E-state index contributed by atoms with van der Waals surface area (Å²) in [6, 6.07) is 6.89. The fraction of sp³-hybridized carbons (Fsp3) is 0.625. The minimum Gasteiger partial charge on any atom is -0.493 e. The molecule has 1 aliphatic heterocycles. The Morgan fingerprint density at radius 3 is 2.95 bits per heavy atom. The van der Waals surface area contributed by atoms with Gasteiger partial charge in [-0.15, -0.1) is 0 Å². The predicted octanol–water partition coefficient (Wildman–Crippen LogP) is 3.94. The minimum atomic E-state index is 0.275. The maximum absolute atomic E-state index is 5.92. The molecule has 2 rings (SSSR count). The number of hydrogen-bond donors (Lipinski definition) is 1. The number of fused-ring (bicyclic) bond motifs is 1. The second-order valence-electron chi connectivity index (χ2n) is 5.88. The molecule has 1 aromatic rings. The van der Waals surface area contributed by atoms with Crippen molar-refractivity contribution in [3.63, 3.8) is 0 Å². The topological polar surface area (TPSA) is 21.3 Å². The summed E-state index contributed by atoms with van der Waals surface area (Å²) < 4.78 is 6.20. The van der Waals surface area contributed by atoms with Gasteiger partial charge in [-0.2, -0.15) is 11.8 Å². The molecule has 0 aliphatic carbocycles. The molecule has 0 bridgehead atoms. The highest BCUT2D eigenvalue weighted by atomic mass is 32.2. The van der Waals surface area contributed by atoms with Crippen molar-refractivity contribution in [3.05, 3.63) is 29.3 Å². The first-order chi connectivity index (χ1) is 9.03. The van der Waals surface area contributed by atoms with Gasteiger partial charge in [0, 0.05) is 22.9 Å². The molecule has 0 amide bonds. The van der Waals surface area contributed by atoms with E-state index >= 15 is 0 Å². The van der Waals surface area contributed by atoms with Crippen LogP contribution in [-0.4, -0.2) is 24.2 Å². The summed E-state index contributed by atoms with van der Waals surface area (Å²) in [7, 11) is 0. The summed E-state index contributed by atoms with van der Waals surface area (Å²) in [4.78, 5) is 0. The predicted molar refractivity (Wildman–Crippen MR) is 84.2 cm³/mol. The number of nitrogens with one attached hydrogen (secondary N) is 1. The Labute approximate surface area is 121 Å². The zero-order valence-electron chi connectivity index (χ0n) is 12.5. The standard InChI is InChI=1S/C16H25NOS/c1-12-7-5-8-13-14(9-6-10-18-15(12)13)17-11-16(2,3)19-4/h5,7-8,14,17H,6,9-11H2,1-4H3. The number of rotatable bonds is 4. The molecular weight excluding hydrogens is 254 g/mol. The molecule has 0 saturated heterocycles. The highest BCUT2D eigenvalue weighted by Crippen LogP contribution is 2.34. The van der Waals surface area contributed by atoms with Gasteiger partial charge >= 0.3 is 0 Å². The molecule has 106 valence electrons. The van der Waals surface area contributed by atoms with Crippen LogP contribution in [0.4, 0.5) is 0 Å². The number of benzene rings is 1. The molecule has 3 heteroatoms. The average Bonchev–Trinajstić information content (AvgIpc) is 2.60. The van der Waals surface area contributed by atoms with E-state index in [-0.39, 0.29) is 4.75 Å². The first kappa shape index (κ1) is 14.7. The van der Waals surface area contributed by atoms with Crippen LogP contribution in [0.5, 0.6) is 5.75 Å². The van der Waals surface area contributed by atoms with E-state index in [0.29, 0.717) is 6.04 Å². The van der Waals surface area contributed by atoms with Crippen molar-refractivity contribution in [1.29, 1.82) is 0 Å². The molecule has 1 aromatic carbocycles. The van der Waals surface area contributed by atoms with Gasteiger partial charge in [-0.05, 0) is 45.4 Å². The van der Waals surface area contributed by atoms with Crippen molar-refractivity contribution >= 4 is 11.8 Å². The van der Waals surface area contributed by atoms with Crippen LogP contribution in [0.1, 0.15) is 43.9 Å². The Morgan fingerprint density at radius 2 is 2.21 bits per heavy atom. The van der Waals surface area contributed by atoms with E-state index in [1.54, 1.807) is 0 Å². The number of aryl methyl sites for hydroxylation is 1. The summed E-state index contributed by atoms with van der Waals surface area (Å²) in [5.74, 6) is 1.10. The molecule has 0 aromatic heterocycles. The summed E-state index contributed by atoms with van der Waals surface area (Å²) in [5.41, 5.74) is 2.57. The van der Waals surface area contributed by atoms with Gasteiger partial charge in [-0.3, -0.25) is 0 Å². The maximum Gasteiger partial charge on any atom is 0.126 e. The van der Waals surface area contributed by atoms with Gasteiger partial charge in [-0.25, -0.2) is 0 Å². The van der Waals surface area contributed by atoms with Crippen molar-refractivity contribution in [2.24, 2.45) is 0 Å². The van der Waals surface area contributed by atoms with Crippen LogP contribution in [0.3, 0.4) is 0 Å². The third-order valence-electron chi connectivity index (χ3n) is 3.83. The minimum absolute atomic E-state index is 0.275. The molecule has 0 fully saturated rings. The Bertz CT molecular complexity index is 431. The lowest BCUT2D eigenvalue weighted by atomic mass is 9.99. The molecule has 0 saturated carbocycles. The first-order valence-corrected chi connectivity index (χ1v) is 8.27. The van der Waals surface area contributed by atoms with E-state index in [4.69, 9.17) is 4.74 Å². The first-order valence-electron chi connectivity index (χ1n) is 7.04. The Hall–Kier alpha value is -0.670. The molecule has 0 spiro atoms. The summed E-state index contributed by atoms with van der Waals surface area (Å²) in [6.07, 6.45) is 4.45. The van der Waals surface area contributed by atoms with Crippen LogP contribution in [0, 0.1) is 6.92 Å². The molecule has 19 heavy (non-hydrogen) atoms. The summed E-state index contributed by atoms with van der Waals surface area (Å²) in [6.45, 7) is 8.56. The van der Waals surface area contributed by atoms with Crippen molar-refractivity contribution in [2.45, 2.75) is 44.4 Å². The Balaban J connectivity index is 2.16. The molecule has 1 aliphatic rings. The van der Waals surface area contributed by atoms with E-state index in [9.17, 15) is 0 Å². The fourth-order valence-electron chi connectivity index (χ4n) is 2.42. The van der Waals surface area contributed by atoms with Gasteiger partial charge in [0.25, 0.3) is 0 Å². The van der Waals surface area contributed by atoms with Gasteiger partial charge < -0.3 is 10.1 Å². The summed E-state index contributed by atoms with van der Waals surface area (Å²) in [5, 5.41) is 3.74. The normalized spacial score (nSPS) is 19.5. The molecule has 2 nitrogen and oxygen atoms in total. The van der Waals surface area contributed by atoms with Crippen LogP contribution in [-0.2, 0) is 0 Å². The van der Waals surface area contributed by atoms with Gasteiger partial charge in [-0.1, -0.05) is 18.2 Å². The van der Waals surface area contributed by atoms with E-state index in [1.807, 2.05) is 11.8 Å². The SMILES string of the molecule is CSC(C)(C)CNC1CCCOc2c(C)cccc21. The Kier molecular flexibility index (Phi) is 4.80. The van der Waals surface area contributed by atoms with Crippen LogP contribution >= 0.6 is 11.8 Å². The van der Waals surface area contributed by atoms with Crippen molar-refractivity contribution in [3.8, 4) is 5.75 Å². The van der Waals surface area contributed by atoms with Crippen LogP contribution in [0.2, 0.25) is 0 Å². The number of hydrogen-bond acceptors (Lipinski definition) is 3. The van der Waals surface area contributed by atoms with Gasteiger partial charge in [0.1, 0.15) is 5.75 Å². The lowest BCUT2D eigenvalue weighted by Crippen LogP contribution is -2.34. The van der Waals surface area contributed by atoms with Gasteiger partial charge in [0.15, 0.2) is 0 Å². The Morgan fingerprint density at radius 1 is 1.42 bits per heavy atom. The summed E-state index contributed by atoms with van der Waals surface area (Å²) >= 11 is 1.91. The van der Waals surface area contributed by atoms with Crippen LogP contribution in [0.15, 0.2) is 18.2 Å². The molecule has 1 atom stereocenters. The number of ether oxygens (including phenoxy) is 1. The highest BCUT2D eigenvalue weighted by Gasteiger charge is 2.23. The lowest BCUT2D eigenvalue weighted by Gasteiger charge is -2.27. The molecular formula is C16H25NOS. The lowest BCUT2D eigenvalue weighted by molar-refractivity contribution is 0.313. The van der Waals surface area contributed by atoms with Gasteiger partial charge in [0.2, 0.25) is 0 Å². The second kappa shape index (κ2) is 6.19. The van der Waals surface area contributed by atoms with Gasteiger partial charge in [0.05, 0.1) is 6.61 Å². The van der Waals surface area contributed by atoms with Crippen molar-refractivity contribution < 1.29 is 4.74 Å². The number of para-hydroxylation sites is 1. The zero-order valence-corrected chi connectivity index (χ0v) is 13.3. The average molecular weight is 279 g/mol. The van der Waals surface area contributed by atoms with Crippen LogP contribution < -0.4 is 10.1 Å². The fourth-order valence-corrected chi connectivity index (χ4v) is 2.64. The molecule has 0 radical (unpaired) electrons. The quantitative estimate of drug-likeness (QED) is 0.902. The largest absolute Gasteiger partial charge is 0.493 e. The smallest absolute Gasteiger partial charge is 0.126 e. The van der Waals surface area contributed by atoms with Crippen molar-refractivity contribution in [2.75, 3.05) is 19.4 Å². The van der Waals surface area contributed by atoms with E-state index < -0.39 is 0 Å². The molecule has 1 N–H and O–H groups in total. The maximum atomic E-state index is 5.92. The van der Waals surface area contributed by atoms with Crippen molar-refractivity contribution in [1.82, 2.24) is 5.32 Å².